The summed E-state index contributed by atoms with van der Waals surface area (Å²) in [4.78, 5) is 19.7. The molecule has 3 aromatic rings. The van der Waals surface area contributed by atoms with E-state index in [1.54, 1.807) is 18.6 Å². The van der Waals surface area contributed by atoms with Crippen molar-refractivity contribution in [3.8, 4) is 0 Å². The molecule has 0 atom stereocenters. The van der Waals surface area contributed by atoms with E-state index in [1.807, 2.05) is 35.8 Å². The lowest BCUT2D eigenvalue weighted by Crippen LogP contribution is -2.36. The predicted octanol–water partition coefficient (Wildman–Crippen LogP) is 4.17. The third kappa shape index (κ3) is 5.45. The minimum atomic E-state index is 0.452. The Bertz CT molecular complexity index is 1120. The summed E-state index contributed by atoms with van der Waals surface area (Å²) in [5.74, 6) is 1.48. The van der Waals surface area contributed by atoms with E-state index in [9.17, 15) is 0 Å². The summed E-state index contributed by atoms with van der Waals surface area (Å²) in [6.07, 6.45) is 16.2. The van der Waals surface area contributed by atoms with E-state index in [2.05, 4.69) is 56.3 Å². The number of anilines is 1. The van der Waals surface area contributed by atoms with Crippen LogP contribution in [-0.4, -0.2) is 61.4 Å². The number of hydrogen-bond acceptors (Lipinski definition) is 7. The second-order valence-corrected chi connectivity index (χ2v) is 8.07. The van der Waals surface area contributed by atoms with Crippen molar-refractivity contribution in [3.63, 3.8) is 0 Å². The van der Waals surface area contributed by atoms with Gasteiger partial charge in [-0.05, 0) is 70.1 Å². The van der Waals surface area contributed by atoms with E-state index in [-0.39, 0.29) is 0 Å². The minimum Gasteiger partial charge on any atom is -0.366 e. The zero-order chi connectivity index (χ0) is 22.3. The molecule has 3 aromatic heterocycles. The Balaban J connectivity index is 1.56. The summed E-state index contributed by atoms with van der Waals surface area (Å²) in [7, 11) is 2.17. The first kappa shape index (κ1) is 21.8. The number of aromatic nitrogens is 5. The fourth-order valence-electron chi connectivity index (χ4n) is 3.76. The van der Waals surface area contributed by atoms with Crippen molar-refractivity contribution in [2.24, 2.45) is 4.99 Å². The Hall–Kier alpha value is -3.39. The van der Waals surface area contributed by atoms with Crippen molar-refractivity contribution in [2.45, 2.75) is 39.2 Å². The Kier molecular flexibility index (Phi) is 7.01. The van der Waals surface area contributed by atoms with Gasteiger partial charge in [0.25, 0.3) is 0 Å². The first-order valence-corrected chi connectivity index (χ1v) is 11.1. The van der Waals surface area contributed by atoms with Crippen molar-refractivity contribution in [2.75, 3.05) is 25.5 Å². The normalized spacial score (nSPS) is 16.8. The molecule has 1 aliphatic heterocycles. The number of piperidine rings is 1. The first-order valence-electron chi connectivity index (χ1n) is 11.1. The molecule has 0 saturated carbocycles. The predicted molar refractivity (Wildman–Crippen MR) is 129 cm³/mol. The SMILES string of the molecule is CCC=C(/C=C\C(C)=Nc1cnccn1)c1cnc2ccc(NC3CCN(C)CC3)nn12. The van der Waals surface area contributed by atoms with Gasteiger partial charge in [0.05, 0.1) is 18.1 Å². The number of imidazole rings is 1. The van der Waals surface area contributed by atoms with Crippen LogP contribution in [0.3, 0.4) is 0 Å². The van der Waals surface area contributed by atoms with Crippen LogP contribution in [0.25, 0.3) is 11.2 Å². The van der Waals surface area contributed by atoms with Crippen molar-refractivity contribution in [1.29, 1.82) is 0 Å². The number of likely N-dealkylation sites (tertiary alicyclic amines) is 1. The van der Waals surface area contributed by atoms with E-state index in [0.717, 1.165) is 60.8 Å². The number of nitrogens with zero attached hydrogens (tertiary/aromatic N) is 7. The summed E-state index contributed by atoms with van der Waals surface area (Å²) >= 11 is 0. The lowest BCUT2D eigenvalue weighted by molar-refractivity contribution is 0.263. The Morgan fingerprint density at radius 2 is 2.00 bits per heavy atom. The zero-order valence-corrected chi connectivity index (χ0v) is 18.9. The summed E-state index contributed by atoms with van der Waals surface area (Å²) < 4.78 is 1.91. The quantitative estimate of drug-likeness (QED) is 0.447. The maximum atomic E-state index is 4.85. The van der Waals surface area contributed by atoms with Crippen molar-refractivity contribution >= 4 is 28.6 Å². The minimum absolute atomic E-state index is 0.452. The highest BCUT2D eigenvalue weighted by Gasteiger charge is 2.17. The van der Waals surface area contributed by atoms with Crippen LogP contribution in [0.2, 0.25) is 0 Å². The van der Waals surface area contributed by atoms with Crippen LogP contribution in [-0.2, 0) is 0 Å². The van der Waals surface area contributed by atoms with E-state index >= 15 is 0 Å². The van der Waals surface area contributed by atoms with Gasteiger partial charge < -0.3 is 10.2 Å². The molecule has 1 fully saturated rings. The summed E-state index contributed by atoms with van der Waals surface area (Å²) in [6.45, 7) is 6.29. The van der Waals surface area contributed by atoms with Gasteiger partial charge in [-0.1, -0.05) is 19.1 Å². The number of rotatable bonds is 7. The van der Waals surface area contributed by atoms with Gasteiger partial charge in [-0.15, -0.1) is 5.10 Å². The van der Waals surface area contributed by atoms with Crippen LogP contribution in [0.4, 0.5) is 11.6 Å². The zero-order valence-electron chi connectivity index (χ0n) is 18.9. The molecule has 0 aromatic carbocycles. The molecule has 0 unspecified atom stereocenters. The average molecular weight is 431 g/mol. The van der Waals surface area contributed by atoms with Gasteiger partial charge in [-0.2, -0.15) is 0 Å². The molecule has 8 nitrogen and oxygen atoms in total. The van der Waals surface area contributed by atoms with Crippen molar-refractivity contribution < 1.29 is 0 Å². The van der Waals surface area contributed by atoms with Crippen LogP contribution >= 0.6 is 0 Å². The molecule has 166 valence electrons. The molecule has 0 bridgehead atoms. The van der Waals surface area contributed by atoms with Crippen LogP contribution in [0.1, 0.15) is 38.8 Å². The van der Waals surface area contributed by atoms with Gasteiger partial charge in [-0.25, -0.2) is 19.5 Å². The van der Waals surface area contributed by atoms with Crippen LogP contribution in [0.5, 0.6) is 0 Å². The Labute approximate surface area is 188 Å². The van der Waals surface area contributed by atoms with Crippen molar-refractivity contribution in [3.05, 3.63) is 60.8 Å². The molecule has 32 heavy (non-hydrogen) atoms. The summed E-state index contributed by atoms with van der Waals surface area (Å²) in [5, 5.41) is 8.46. The van der Waals surface area contributed by atoms with Gasteiger partial charge in [0.15, 0.2) is 11.5 Å². The molecule has 1 aliphatic rings. The maximum absolute atomic E-state index is 4.85. The summed E-state index contributed by atoms with van der Waals surface area (Å²) in [5.41, 5.74) is 3.68. The molecular weight excluding hydrogens is 400 g/mol. The Morgan fingerprint density at radius 1 is 1.16 bits per heavy atom. The average Bonchev–Trinajstić information content (AvgIpc) is 3.22. The van der Waals surface area contributed by atoms with E-state index in [0.29, 0.717) is 11.9 Å². The van der Waals surface area contributed by atoms with Gasteiger partial charge in [0.1, 0.15) is 5.82 Å². The molecule has 8 heteroatoms. The number of nitrogens with one attached hydrogen (secondary N) is 1. The molecular formula is C24H30N8. The largest absolute Gasteiger partial charge is 0.366 e. The molecule has 1 N–H and O–H groups in total. The van der Waals surface area contributed by atoms with E-state index in [4.69, 9.17) is 5.10 Å². The van der Waals surface area contributed by atoms with Gasteiger partial charge in [0, 0.05) is 24.1 Å². The first-order chi connectivity index (χ1) is 15.6. The third-order valence-electron chi connectivity index (χ3n) is 5.50. The molecule has 4 rings (SSSR count). The van der Waals surface area contributed by atoms with Crippen LogP contribution < -0.4 is 5.32 Å². The molecule has 0 amide bonds. The highest BCUT2D eigenvalue weighted by atomic mass is 15.3. The van der Waals surface area contributed by atoms with E-state index < -0.39 is 0 Å². The smallest absolute Gasteiger partial charge is 0.170 e. The second kappa shape index (κ2) is 10.3. The fourth-order valence-corrected chi connectivity index (χ4v) is 3.76. The molecule has 0 spiro atoms. The number of fused-ring (bicyclic) bond motifs is 1. The third-order valence-corrected chi connectivity index (χ3v) is 5.50. The number of aliphatic imine (C=N–C) groups is 1. The molecule has 0 radical (unpaired) electrons. The molecule has 4 heterocycles. The standard InChI is InChI=1S/C24H30N8/c1-4-5-19(7-6-18(2)28-23-17-25-12-13-26-23)21-16-27-24-9-8-22(30-32(21)24)29-20-10-14-31(3)15-11-20/h5-9,12-13,16-17,20H,4,10-11,14-15H2,1-3H3,(H,29,30)/b7-6-,19-5?,28-18?. The second-order valence-electron chi connectivity index (χ2n) is 8.07. The lowest BCUT2D eigenvalue weighted by atomic mass is 10.1. The van der Waals surface area contributed by atoms with Crippen LogP contribution in [0.15, 0.2) is 60.1 Å². The van der Waals surface area contributed by atoms with Crippen molar-refractivity contribution in [1.82, 2.24) is 29.5 Å². The number of hydrogen-bond donors (Lipinski definition) is 1. The molecule has 1 saturated heterocycles. The number of allylic oxidation sites excluding steroid dienone is 4. The molecule has 0 aliphatic carbocycles. The maximum Gasteiger partial charge on any atom is 0.170 e. The van der Waals surface area contributed by atoms with Crippen LogP contribution in [0, 0.1) is 0 Å². The van der Waals surface area contributed by atoms with Gasteiger partial charge in [0.2, 0.25) is 0 Å². The summed E-state index contributed by atoms with van der Waals surface area (Å²) in [6, 6.07) is 4.48. The fraction of sp³-hybridized carbons (Fsp3) is 0.375. The monoisotopic (exact) mass is 430 g/mol. The Morgan fingerprint density at radius 3 is 2.75 bits per heavy atom. The highest BCUT2D eigenvalue weighted by Crippen LogP contribution is 2.21. The topological polar surface area (TPSA) is 83.6 Å². The lowest BCUT2D eigenvalue weighted by Gasteiger charge is -2.29. The van der Waals surface area contributed by atoms with Gasteiger partial charge >= 0.3 is 0 Å². The highest BCUT2D eigenvalue weighted by molar-refractivity contribution is 5.96. The van der Waals surface area contributed by atoms with Gasteiger partial charge in [-0.3, -0.25) is 4.98 Å². The van der Waals surface area contributed by atoms with E-state index in [1.165, 1.54) is 0 Å².